The van der Waals surface area contributed by atoms with Crippen LogP contribution in [0.25, 0.3) is 0 Å². The van der Waals surface area contributed by atoms with Crippen molar-refractivity contribution in [3.05, 3.63) is 17.9 Å². The molecular weight excluding hydrogens is 252 g/mol. The van der Waals surface area contributed by atoms with Gasteiger partial charge in [0.2, 0.25) is 5.09 Å². The minimum Gasteiger partial charge on any atom is -0.447 e. The van der Waals surface area contributed by atoms with Crippen molar-refractivity contribution in [2.75, 3.05) is 0 Å². The lowest BCUT2D eigenvalue weighted by Gasteiger charge is -2.36. The quantitative estimate of drug-likeness (QED) is 0.908. The van der Waals surface area contributed by atoms with Crippen molar-refractivity contribution in [1.29, 1.82) is 0 Å². The Balaban J connectivity index is 2.34. The van der Waals surface area contributed by atoms with Crippen LogP contribution in [-0.2, 0) is 16.6 Å². The van der Waals surface area contributed by atoms with Crippen molar-refractivity contribution >= 4 is 10.0 Å². The predicted octanol–water partition coefficient (Wildman–Crippen LogP) is 1.69. The van der Waals surface area contributed by atoms with E-state index in [1.54, 1.807) is 10.4 Å². The Morgan fingerprint density at radius 1 is 1.33 bits per heavy atom. The molecule has 0 saturated carbocycles. The molecule has 18 heavy (non-hydrogen) atoms. The molecule has 2 rings (SSSR count). The normalized spacial score (nSPS) is 26.4. The molecule has 1 saturated heterocycles. The summed E-state index contributed by atoms with van der Waals surface area (Å²) in [5.41, 5.74) is 5.44. The van der Waals surface area contributed by atoms with E-state index < -0.39 is 10.0 Å². The van der Waals surface area contributed by atoms with E-state index in [1.807, 2.05) is 13.8 Å². The number of piperidine rings is 1. The highest BCUT2D eigenvalue weighted by atomic mass is 32.2. The lowest BCUT2D eigenvalue weighted by atomic mass is 10.0. The zero-order chi connectivity index (χ0) is 13.3. The average molecular weight is 272 g/mol. The van der Waals surface area contributed by atoms with Crippen molar-refractivity contribution in [2.45, 2.75) is 56.8 Å². The van der Waals surface area contributed by atoms with Crippen molar-refractivity contribution in [2.24, 2.45) is 5.73 Å². The molecule has 6 heteroatoms. The first-order valence-corrected chi connectivity index (χ1v) is 7.73. The summed E-state index contributed by atoms with van der Waals surface area (Å²) in [4.78, 5) is 0. The molecule has 102 valence electrons. The van der Waals surface area contributed by atoms with Crippen LogP contribution in [0.4, 0.5) is 0 Å². The highest BCUT2D eigenvalue weighted by Gasteiger charge is 2.37. The first-order chi connectivity index (χ1) is 8.46. The predicted molar refractivity (Wildman–Crippen MR) is 68.4 cm³/mol. The second kappa shape index (κ2) is 5.03. The number of hydrogen-bond donors (Lipinski definition) is 1. The van der Waals surface area contributed by atoms with Gasteiger partial charge in [-0.05, 0) is 38.8 Å². The molecule has 0 spiro atoms. The Kier molecular flexibility index (Phi) is 3.79. The number of nitrogens with two attached hydrogens (primary N) is 1. The van der Waals surface area contributed by atoms with Gasteiger partial charge in [0.05, 0.1) is 6.54 Å². The SMILES string of the molecule is CC1CCCC(C)N1S(=O)(=O)c1ccc(CN)o1. The molecule has 0 aliphatic carbocycles. The Bertz CT molecular complexity index is 499. The summed E-state index contributed by atoms with van der Waals surface area (Å²) in [5.74, 6) is 0.492. The van der Waals surface area contributed by atoms with Crippen LogP contribution in [0, 0.1) is 0 Å². The summed E-state index contributed by atoms with van der Waals surface area (Å²) >= 11 is 0. The van der Waals surface area contributed by atoms with Gasteiger partial charge < -0.3 is 10.2 Å². The van der Waals surface area contributed by atoms with Crippen LogP contribution in [0.15, 0.2) is 21.6 Å². The highest BCUT2D eigenvalue weighted by molar-refractivity contribution is 7.89. The third-order valence-electron chi connectivity index (χ3n) is 3.48. The number of sulfonamides is 1. The Morgan fingerprint density at radius 2 is 1.94 bits per heavy atom. The van der Waals surface area contributed by atoms with Crippen molar-refractivity contribution in [3.63, 3.8) is 0 Å². The van der Waals surface area contributed by atoms with Gasteiger partial charge in [0.15, 0.2) is 0 Å². The standard InChI is InChI=1S/C12H20N2O3S/c1-9-4-3-5-10(2)14(9)18(15,16)12-7-6-11(8-13)17-12/h6-7,9-10H,3-5,8,13H2,1-2H3. The zero-order valence-corrected chi connectivity index (χ0v) is 11.6. The van der Waals surface area contributed by atoms with Crippen LogP contribution in [0.1, 0.15) is 38.9 Å². The zero-order valence-electron chi connectivity index (χ0n) is 10.8. The molecule has 0 aromatic carbocycles. The van der Waals surface area contributed by atoms with E-state index in [-0.39, 0.29) is 23.7 Å². The molecule has 0 bridgehead atoms. The summed E-state index contributed by atoms with van der Waals surface area (Å²) in [6.07, 6.45) is 2.86. The molecule has 1 aliphatic rings. The lowest BCUT2D eigenvalue weighted by Crippen LogP contribution is -2.47. The number of rotatable bonds is 3. The monoisotopic (exact) mass is 272 g/mol. The summed E-state index contributed by atoms with van der Waals surface area (Å²) < 4.78 is 31.9. The third kappa shape index (κ3) is 2.32. The van der Waals surface area contributed by atoms with Gasteiger partial charge in [-0.15, -0.1) is 0 Å². The summed E-state index contributed by atoms with van der Waals surface area (Å²) in [6, 6.07) is 3.15. The molecule has 2 heterocycles. The molecule has 2 N–H and O–H groups in total. The summed E-state index contributed by atoms with van der Waals surface area (Å²) in [6.45, 7) is 4.10. The van der Waals surface area contributed by atoms with Gasteiger partial charge in [-0.25, -0.2) is 8.42 Å². The second-order valence-corrected chi connectivity index (χ2v) is 6.66. The van der Waals surface area contributed by atoms with Crippen LogP contribution in [0.2, 0.25) is 0 Å². The Hall–Kier alpha value is -0.850. The van der Waals surface area contributed by atoms with E-state index in [1.165, 1.54) is 6.07 Å². The van der Waals surface area contributed by atoms with E-state index in [2.05, 4.69) is 0 Å². The smallest absolute Gasteiger partial charge is 0.276 e. The van der Waals surface area contributed by atoms with Crippen LogP contribution >= 0.6 is 0 Å². The summed E-state index contributed by atoms with van der Waals surface area (Å²) in [7, 11) is -3.54. The number of furan rings is 1. The molecule has 2 atom stereocenters. The van der Waals surface area contributed by atoms with E-state index in [0.717, 1.165) is 19.3 Å². The van der Waals surface area contributed by atoms with Gasteiger partial charge >= 0.3 is 0 Å². The van der Waals surface area contributed by atoms with Crippen LogP contribution in [-0.4, -0.2) is 24.8 Å². The average Bonchev–Trinajstić information content (AvgIpc) is 2.77. The molecular formula is C12H20N2O3S. The lowest BCUT2D eigenvalue weighted by molar-refractivity contribution is 0.199. The molecule has 1 aliphatic heterocycles. The molecule has 2 unspecified atom stereocenters. The van der Waals surface area contributed by atoms with Gasteiger partial charge in [-0.3, -0.25) is 0 Å². The van der Waals surface area contributed by atoms with Gasteiger partial charge in [-0.2, -0.15) is 4.31 Å². The molecule has 0 radical (unpaired) electrons. The topological polar surface area (TPSA) is 76.5 Å². The molecule has 1 aromatic heterocycles. The second-order valence-electron chi connectivity index (χ2n) is 4.89. The van der Waals surface area contributed by atoms with Crippen LogP contribution in [0.3, 0.4) is 0 Å². The van der Waals surface area contributed by atoms with Gasteiger partial charge in [0.25, 0.3) is 10.0 Å². The molecule has 1 aromatic rings. The third-order valence-corrected chi connectivity index (χ3v) is 5.49. The summed E-state index contributed by atoms with van der Waals surface area (Å²) in [5, 5.41) is 0.00329. The maximum atomic E-state index is 12.5. The molecule has 1 fully saturated rings. The number of nitrogens with zero attached hydrogens (tertiary/aromatic N) is 1. The van der Waals surface area contributed by atoms with Crippen LogP contribution in [0.5, 0.6) is 0 Å². The largest absolute Gasteiger partial charge is 0.447 e. The highest BCUT2D eigenvalue weighted by Crippen LogP contribution is 2.30. The van der Waals surface area contributed by atoms with Crippen molar-refractivity contribution < 1.29 is 12.8 Å². The fraction of sp³-hybridized carbons (Fsp3) is 0.667. The minimum atomic E-state index is -3.54. The van der Waals surface area contributed by atoms with Crippen molar-refractivity contribution in [1.82, 2.24) is 4.31 Å². The fourth-order valence-corrected chi connectivity index (χ4v) is 4.40. The van der Waals surface area contributed by atoms with E-state index in [0.29, 0.717) is 5.76 Å². The molecule has 0 amide bonds. The van der Waals surface area contributed by atoms with E-state index in [4.69, 9.17) is 10.2 Å². The van der Waals surface area contributed by atoms with E-state index >= 15 is 0 Å². The fourth-order valence-electron chi connectivity index (χ4n) is 2.58. The Morgan fingerprint density at radius 3 is 2.44 bits per heavy atom. The number of hydrogen-bond acceptors (Lipinski definition) is 4. The van der Waals surface area contributed by atoms with Gasteiger partial charge in [0, 0.05) is 12.1 Å². The van der Waals surface area contributed by atoms with E-state index in [9.17, 15) is 8.42 Å². The van der Waals surface area contributed by atoms with Crippen LogP contribution < -0.4 is 5.73 Å². The van der Waals surface area contributed by atoms with Crippen molar-refractivity contribution in [3.8, 4) is 0 Å². The first-order valence-electron chi connectivity index (χ1n) is 6.29. The minimum absolute atomic E-state index is 0.00329. The van der Waals surface area contributed by atoms with Gasteiger partial charge in [0.1, 0.15) is 5.76 Å². The first kappa shape index (κ1) is 13.6. The maximum absolute atomic E-state index is 12.5. The van der Waals surface area contributed by atoms with Gasteiger partial charge in [-0.1, -0.05) is 6.42 Å². The molecule has 5 nitrogen and oxygen atoms in total. The Labute approximate surface area is 108 Å². The maximum Gasteiger partial charge on any atom is 0.276 e.